The molecule has 0 saturated carbocycles. The molecule has 3 aromatic heterocycles. The number of hydrogen-bond acceptors (Lipinski definition) is 7. The summed E-state index contributed by atoms with van der Waals surface area (Å²) in [6.07, 6.45) is 7.24. The number of hydrogen-bond donors (Lipinski definition) is 1. The van der Waals surface area contributed by atoms with Gasteiger partial charge < -0.3 is 24.1 Å². The van der Waals surface area contributed by atoms with Crippen LogP contribution in [0.3, 0.4) is 0 Å². The minimum absolute atomic E-state index is 0.200. The third-order valence-electron chi connectivity index (χ3n) is 5.56. The Bertz CT molecular complexity index is 1340. The molecule has 10 nitrogen and oxygen atoms in total. The second-order valence-electron chi connectivity index (χ2n) is 8.24. The van der Waals surface area contributed by atoms with Crippen LogP contribution in [0.2, 0.25) is 0 Å². The molecule has 0 fully saturated rings. The van der Waals surface area contributed by atoms with Crippen LogP contribution in [0.25, 0.3) is 5.82 Å². The zero-order valence-electron chi connectivity index (χ0n) is 21.0. The molecule has 37 heavy (non-hydrogen) atoms. The van der Waals surface area contributed by atoms with Gasteiger partial charge >= 0.3 is 5.97 Å². The van der Waals surface area contributed by atoms with Gasteiger partial charge in [0.15, 0.2) is 5.82 Å². The van der Waals surface area contributed by atoms with Crippen LogP contribution in [-0.2, 0) is 29.6 Å². The molecule has 0 aliphatic carbocycles. The second kappa shape index (κ2) is 11.9. The van der Waals surface area contributed by atoms with E-state index in [1.54, 1.807) is 55.1 Å². The lowest BCUT2D eigenvalue weighted by Crippen LogP contribution is -2.16. The maximum Gasteiger partial charge on any atom is 0.341 e. The Balaban J connectivity index is 1.34. The van der Waals surface area contributed by atoms with E-state index in [-0.39, 0.29) is 18.9 Å². The summed E-state index contributed by atoms with van der Waals surface area (Å²) in [5.41, 5.74) is 2.59. The van der Waals surface area contributed by atoms with Crippen molar-refractivity contribution >= 4 is 17.6 Å². The van der Waals surface area contributed by atoms with Gasteiger partial charge in [0, 0.05) is 37.8 Å². The Labute approximate surface area is 214 Å². The van der Waals surface area contributed by atoms with Crippen molar-refractivity contribution in [3.05, 3.63) is 84.1 Å². The lowest BCUT2D eigenvalue weighted by molar-refractivity contribution is -0.116. The van der Waals surface area contributed by atoms with Crippen molar-refractivity contribution in [1.82, 2.24) is 19.3 Å². The van der Waals surface area contributed by atoms with E-state index in [0.29, 0.717) is 35.8 Å². The van der Waals surface area contributed by atoms with Gasteiger partial charge in [0.1, 0.15) is 23.7 Å². The van der Waals surface area contributed by atoms with Crippen molar-refractivity contribution in [1.29, 1.82) is 0 Å². The number of anilines is 1. The summed E-state index contributed by atoms with van der Waals surface area (Å²) in [6.45, 7) is 2.40. The maximum absolute atomic E-state index is 12.6. The summed E-state index contributed by atoms with van der Waals surface area (Å²) in [6, 6.07) is 13.2. The Hall–Kier alpha value is -4.60. The molecule has 3 heterocycles. The molecule has 10 heteroatoms. The van der Waals surface area contributed by atoms with Crippen LogP contribution in [0.1, 0.15) is 35.0 Å². The van der Waals surface area contributed by atoms with Crippen LogP contribution in [0.15, 0.2) is 67.3 Å². The molecule has 4 aromatic rings. The van der Waals surface area contributed by atoms with Crippen molar-refractivity contribution in [3.63, 3.8) is 0 Å². The van der Waals surface area contributed by atoms with Gasteiger partial charge in [-0.3, -0.25) is 4.79 Å². The highest BCUT2D eigenvalue weighted by molar-refractivity contribution is 6.01. The van der Waals surface area contributed by atoms with Crippen LogP contribution in [0.4, 0.5) is 5.69 Å². The number of carbonyl (C=O) groups excluding carboxylic acids is 2. The van der Waals surface area contributed by atoms with E-state index in [2.05, 4.69) is 15.4 Å². The lowest BCUT2D eigenvalue weighted by Gasteiger charge is -2.10. The summed E-state index contributed by atoms with van der Waals surface area (Å²) < 4.78 is 19.5. The molecule has 0 aliphatic heterocycles. The number of amides is 1. The average molecular weight is 504 g/mol. The van der Waals surface area contributed by atoms with Crippen LogP contribution >= 0.6 is 0 Å². The fourth-order valence-electron chi connectivity index (χ4n) is 3.71. The monoisotopic (exact) mass is 503 g/mol. The molecule has 0 aliphatic rings. The van der Waals surface area contributed by atoms with Crippen molar-refractivity contribution in [2.75, 3.05) is 19.0 Å². The van der Waals surface area contributed by atoms with Crippen LogP contribution in [0.5, 0.6) is 11.5 Å². The summed E-state index contributed by atoms with van der Waals surface area (Å²) in [4.78, 5) is 29.2. The zero-order valence-corrected chi connectivity index (χ0v) is 21.0. The predicted molar refractivity (Wildman–Crippen MR) is 137 cm³/mol. The Kier molecular flexibility index (Phi) is 8.19. The highest BCUT2D eigenvalue weighted by Gasteiger charge is 2.17. The summed E-state index contributed by atoms with van der Waals surface area (Å²) in [5.74, 6) is 1.35. The third kappa shape index (κ3) is 6.54. The first-order chi connectivity index (χ1) is 18.0. The molecule has 0 unspecified atom stereocenters. The van der Waals surface area contributed by atoms with Gasteiger partial charge in [-0.2, -0.15) is 5.10 Å². The lowest BCUT2D eigenvalue weighted by atomic mass is 10.2. The molecule has 0 spiro atoms. The van der Waals surface area contributed by atoms with Crippen LogP contribution in [-0.4, -0.2) is 44.9 Å². The van der Waals surface area contributed by atoms with Crippen molar-refractivity contribution < 1.29 is 23.8 Å². The highest BCUT2D eigenvalue weighted by Crippen LogP contribution is 2.20. The Morgan fingerprint density at radius 2 is 1.81 bits per heavy atom. The van der Waals surface area contributed by atoms with E-state index in [4.69, 9.17) is 14.2 Å². The maximum atomic E-state index is 12.6. The molecule has 0 bridgehead atoms. The molecular formula is C27H29N5O5. The largest absolute Gasteiger partial charge is 0.497 e. The van der Waals surface area contributed by atoms with E-state index >= 15 is 0 Å². The number of ether oxygens (including phenoxy) is 3. The van der Waals surface area contributed by atoms with E-state index in [1.165, 1.54) is 0 Å². The second-order valence-corrected chi connectivity index (χ2v) is 8.24. The first-order valence-electron chi connectivity index (χ1n) is 11.8. The van der Waals surface area contributed by atoms with Gasteiger partial charge in [-0.1, -0.05) is 12.1 Å². The number of nitrogens with one attached hydrogen (secondary N) is 1. The molecule has 0 radical (unpaired) electrons. The van der Waals surface area contributed by atoms with E-state index in [1.807, 2.05) is 42.5 Å². The minimum atomic E-state index is -0.473. The van der Waals surface area contributed by atoms with Gasteiger partial charge in [-0.25, -0.2) is 14.5 Å². The quantitative estimate of drug-likeness (QED) is 0.309. The third-order valence-corrected chi connectivity index (χ3v) is 5.56. The fourth-order valence-corrected chi connectivity index (χ4v) is 3.71. The van der Waals surface area contributed by atoms with Crippen molar-refractivity contribution in [2.24, 2.45) is 7.05 Å². The van der Waals surface area contributed by atoms with Gasteiger partial charge in [-0.15, -0.1) is 0 Å². The number of carbonyl (C=O) groups is 2. The van der Waals surface area contributed by atoms with Crippen molar-refractivity contribution in [2.45, 2.75) is 26.4 Å². The standard InChI is InChI=1S/C27H29N5O5/c1-4-36-27(34)23-16-31(2)17-24(23)30-26(33)12-7-20-13-14-29-32(20)25-11-10-22(15-28-25)37-18-19-5-8-21(35-3)9-6-19/h5-6,8-11,13-17H,4,7,12,18H2,1-3H3,(H,30,33). The van der Waals surface area contributed by atoms with Gasteiger partial charge in [0.05, 0.1) is 25.6 Å². The van der Waals surface area contributed by atoms with Crippen LogP contribution in [0, 0.1) is 0 Å². The first kappa shape index (κ1) is 25.5. The normalized spacial score (nSPS) is 10.7. The number of rotatable bonds is 11. The average Bonchev–Trinajstić information content (AvgIpc) is 3.53. The number of esters is 1. The summed E-state index contributed by atoms with van der Waals surface area (Å²) >= 11 is 0. The fraction of sp³-hybridized carbons (Fsp3) is 0.259. The number of aromatic nitrogens is 4. The number of methoxy groups -OCH3 is 1. The van der Waals surface area contributed by atoms with E-state index < -0.39 is 5.97 Å². The number of benzene rings is 1. The SMILES string of the molecule is CCOC(=O)c1cn(C)cc1NC(=O)CCc1ccnn1-c1ccc(OCc2ccc(OC)cc2)cn1. The number of pyridine rings is 1. The Morgan fingerprint density at radius 1 is 1.03 bits per heavy atom. The molecule has 4 rings (SSSR count). The number of aryl methyl sites for hydroxylation is 2. The first-order valence-corrected chi connectivity index (χ1v) is 11.8. The van der Waals surface area contributed by atoms with Crippen molar-refractivity contribution in [3.8, 4) is 17.3 Å². The minimum Gasteiger partial charge on any atom is -0.497 e. The molecule has 1 aromatic carbocycles. The molecular weight excluding hydrogens is 474 g/mol. The van der Waals surface area contributed by atoms with Gasteiger partial charge in [0.25, 0.3) is 0 Å². The smallest absolute Gasteiger partial charge is 0.341 e. The highest BCUT2D eigenvalue weighted by atomic mass is 16.5. The predicted octanol–water partition coefficient (Wildman–Crippen LogP) is 3.94. The van der Waals surface area contributed by atoms with Gasteiger partial charge in [0.2, 0.25) is 5.91 Å². The van der Waals surface area contributed by atoms with Gasteiger partial charge in [-0.05, 0) is 49.2 Å². The molecule has 0 atom stereocenters. The number of nitrogens with zero attached hydrogens (tertiary/aromatic N) is 4. The molecule has 0 saturated heterocycles. The molecule has 1 N–H and O–H groups in total. The van der Waals surface area contributed by atoms with Crippen LogP contribution < -0.4 is 14.8 Å². The molecule has 1 amide bonds. The summed E-state index contributed by atoms with van der Waals surface area (Å²) in [5, 5.41) is 7.16. The zero-order chi connectivity index (χ0) is 26.2. The summed E-state index contributed by atoms with van der Waals surface area (Å²) in [7, 11) is 3.41. The Morgan fingerprint density at radius 3 is 2.51 bits per heavy atom. The molecule has 192 valence electrons. The van der Waals surface area contributed by atoms with E-state index in [9.17, 15) is 9.59 Å². The van der Waals surface area contributed by atoms with E-state index in [0.717, 1.165) is 17.0 Å². The topological polar surface area (TPSA) is 110 Å².